The van der Waals surface area contributed by atoms with Crippen LogP contribution in [0, 0.1) is 0 Å². The number of esters is 1. The molecule has 0 bridgehead atoms. The minimum atomic E-state index is -0.481. The summed E-state index contributed by atoms with van der Waals surface area (Å²) in [6, 6.07) is 7.48. The van der Waals surface area contributed by atoms with Gasteiger partial charge in [-0.05, 0) is 36.8 Å². The van der Waals surface area contributed by atoms with Crippen LogP contribution in [0.25, 0.3) is 0 Å². The number of amides is 1. The van der Waals surface area contributed by atoms with Crippen molar-refractivity contribution >= 4 is 46.6 Å². The van der Waals surface area contributed by atoms with E-state index in [1.807, 2.05) is 6.92 Å². The van der Waals surface area contributed by atoms with Crippen LogP contribution in [0.5, 0.6) is 0 Å². The van der Waals surface area contributed by atoms with E-state index in [0.717, 1.165) is 0 Å². The van der Waals surface area contributed by atoms with Gasteiger partial charge in [-0.2, -0.15) is 0 Å². The maximum atomic E-state index is 12.2. The molecule has 0 aliphatic rings. The Morgan fingerprint density at radius 1 is 1.24 bits per heavy atom. The van der Waals surface area contributed by atoms with Crippen molar-refractivity contribution in [2.75, 3.05) is 17.7 Å². The predicted molar refractivity (Wildman–Crippen MR) is 98.4 cm³/mol. The molecule has 1 amide bonds. The molecular weight excluding hydrogens is 365 g/mol. The van der Waals surface area contributed by atoms with E-state index in [4.69, 9.17) is 27.9 Å². The van der Waals surface area contributed by atoms with Gasteiger partial charge in [-0.15, -0.1) is 0 Å². The molecule has 0 aliphatic carbocycles. The number of hydrogen-bond donors (Lipinski definition) is 2. The monoisotopic (exact) mass is 381 g/mol. The normalized spacial score (nSPS) is 11.5. The summed E-state index contributed by atoms with van der Waals surface area (Å²) in [5, 5.41) is 6.39. The fraction of sp³-hybridized carbons (Fsp3) is 0.235. The van der Waals surface area contributed by atoms with Crippen molar-refractivity contribution in [2.24, 2.45) is 0 Å². The first kappa shape index (κ1) is 19.0. The second-order valence-corrected chi connectivity index (χ2v) is 5.98. The topological polar surface area (TPSA) is 80.3 Å². The highest BCUT2D eigenvalue weighted by atomic mass is 35.5. The molecular formula is C17H17Cl2N3O3. The number of anilines is 2. The zero-order chi connectivity index (χ0) is 18.4. The van der Waals surface area contributed by atoms with E-state index >= 15 is 0 Å². The highest BCUT2D eigenvalue weighted by molar-refractivity contribution is 6.37. The van der Waals surface area contributed by atoms with E-state index in [-0.39, 0.29) is 16.9 Å². The first-order valence-electron chi connectivity index (χ1n) is 7.51. The minimum Gasteiger partial charge on any atom is -0.467 e. The summed E-state index contributed by atoms with van der Waals surface area (Å²) in [6.45, 7) is 1.86. The fourth-order valence-corrected chi connectivity index (χ4v) is 2.57. The highest BCUT2D eigenvalue weighted by Gasteiger charge is 2.17. The van der Waals surface area contributed by atoms with Crippen LogP contribution in [0.1, 0.15) is 23.7 Å². The van der Waals surface area contributed by atoms with Crippen LogP contribution >= 0.6 is 23.2 Å². The summed E-state index contributed by atoms with van der Waals surface area (Å²) in [6.07, 6.45) is 2.04. The SMILES string of the molecule is CCC(Nc1ccc(NC(=O)c2ccc(Cl)cc2Cl)cn1)C(=O)OC. The average molecular weight is 382 g/mol. The van der Waals surface area contributed by atoms with Gasteiger partial charge in [0, 0.05) is 5.02 Å². The van der Waals surface area contributed by atoms with Crippen molar-refractivity contribution in [2.45, 2.75) is 19.4 Å². The molecule has 0 radical (unpaired) electrons. The quantitative estimate of drug-likeness (QED) is 0.738. The smallest absolute Gasteiger partial charge is 0.328 e. The van der Waals surface area contributed by atoms with Gasteiger partial charge in [-0.3, -0.25) is 4.79 Å². The van der Waals surface area contributed by atoms with E-state index in [9.17, 15) is 9.59 Å². The van der Waals surface area contributed by atoms with Gasteiger partial charge < -0.3 is 15.4 Å². The molecule has 0 spiro atoms. The molecule has 1 unspecified atom stereocenters. The summed E-state index contributed by atoms with van der Waals surface area (Å²) >= 11 is 11.8. The predicted octanol–water partition coefficient (Wildman–Crippen LogP) is 4.00. The molecule has 25 heavy (non-hydrogen) atoms. The minimum absolute atomic E-state index is 0.264. The second kappa shape index (κ2) is 8.69. The van der Waals surface area contributed by atoms with Gasteiger partial charge in [0.25, 0.3) is 5.91 Å². The first-order valence-corrected chi connectivity index (χ1v) is 8.27. The Morgan fingerprint density at radius 2 is 2.00 bits per heavy atom. The number of hydrogen-bond acceptors (Lipinski definition) is 5. The molecule has 1 aromatic heterocycles. The van der Waals surface area contributed by atoms with Crippen molar-refractivity contribution in [1.29, 1.82) is 0 Å². The number of nitrogens with one attached hydrogen (secondary N) is 2. The molecule has 132 valence electrons. The third-order valence-corrected chi connectivity index (χ3v) is 3.96. The number of pyridine rings is 1. The molecule has 2 rings (SSSR count). The maximum Gasteiger partial charge on any atom is 0.328 e. The van der Waals surface area contributed by atoms with Crippen molar-refractivity contribution in [3.05, 3.63) is 52.1 Å². The Labute approximate surface area is 155 Å². The van der Waals surface area contributed by atoms with Gasteiger partial charge in [-0.1, -0.05) is 30.1 Å². The molecule has 2 aromatic rings. The van der Waals surface area contributed by atoms with Crippen LogP contribution in [-0.4, -0.2) is 30.0 Å². The summed E-state index contributed by atoms with van der Waals surface area (Å²) in [7, 11) is 1.33. The Hall–Kier alpha value is -2.31. The summed E-state index contributed by atoms with van der Waals surface area (Å²) in [4.78, 5) is 28.0. The Balaban J connectivity index is 2.04. The Morgan fingerprint density at radius 3 is 2.56 bits per heavy atom. The van der Waals surface area contributed by atoms with E-state index in [1.165, 1.54) is 19.4 Å². The lowest BCUT2D eigenvalue weighted by Crippen LogP contribution is -2.30. The third kappa shape index (κ3) is 5.08. The second-order valence-electron chi connectivity index (χ2n) is 5.14. The highest BCUT2D eigenvalue weighted by Crippen LogP contribution is 2.22. The van der Waals surface area contributed by atoms with Gasteiger partial charge in [0.2, 0.25) is 0 Å². The molecule has 1 atom stereocenters. The standard InChI is InChI=1S/C17H17Cl2N3O3/c1-3-14(17(24)25-2)22-15-7-5-11(9-20-15)21-16(23)12-6-4-10(18)8-13(12)19/h4-9,14H,3H2,1-2H3,(H,20,22)(H,21,23). The van der Waals surface area contributed by atoms with Gasteiger partial charge >= 0.3 is 5.97 Å². The zero-order valence-electron chi connectivity index (χ0n) is 13.7. The number of ether oxygens (including phenoxy) is 1. The number of carbonyl (C=O) groups is 2. The first-order chi connectivity index (χ1) is 11.9. The summed E-state index contributed by atoms with van der Waals surface area (Å²) in [5.41, 5.74) is 0.803. The molecule has 0 fully saturated rings. The lowest BCUT2D eigenvalue weighted by molar-refractivity contribution is -0.141. The molecule has 0 aliphatic heterocycles. The molecule has 0 saturated heterocycles. The fourth-order valence-electron chi connectivity index (χ4n) is 2.07. The number of carbonyl (C=O) groups excluding carboxylic acids is 2. The van der Waals surface area contributed by atoms with Gasteiger partial charge in [0.15, 0.2) is 0 Å². The van der Waals surface area contributed by atoms with Crippen molar-refractivity contribution < 1.29 is 14.3 Å². The number of nitrogens with zero attached hydrogens (tertiary/aromatic N) is 1. The van der Waals surface area contributed by atoms with Gasteiger partial charge in [0.1, 0.15) is 11.9 Å². The van der Waals surface area contributed by atoms with Crippen LogP contribution in [0.2, 0.25) is 10.0 Å². The number of benzene rings is 1. The van der Waals surface area contributed by atoms with Crippen molar-refractivity contribution in [3.63, 3.8) is 0 Å². The largest absolute Gasteiger partial charge is 0.467 e. The number of rotatable bonds is 6. The van der Waals surface area contributed by atoms with Gasteiger partial charge in [0.05, 0.1) is 29.6 Å². The lowest BCUT2D eigenvalue weighted by atomic mass is 10.2. The zero-order valence-corrected chi connectivity index (χ0v) is 15.2. The molecule has 0 saturated carbocycles. The van der Waals surface area contributed by atoms with Crippen LogP contribution in [0.3, 0.4) is 0 Å². The third-order valence-electron chi connectivity index (χ3n) is 3.41. The van der Waals surface area contributed by atoms with Crippen molar-refractivity contribution in [3.8, 4) is 0 Å². The maximum absolute atomic E-state index is 12.2. The summed E-state index contributed by atoms with van der Waals surface area (Å²) in [5.74, 6) is -0.232. The van der Waals surface area contributed by atoms with E-state index in [2.05, 4.69) is 15.6 Å². The molecule has 1 heterocycles. The average Bonchev–Trinajstić information content (AvgIpc) is 2.60. The van der Waals surface area contributed by atoms with Crippen LogP contribution in [0.15, 0.2) is 36.5 Å². The number of methoxy groups -OCH3 is 1. The van der Waals surface area contributed by atoms with Crippen LogP contribution in [-0.2, 0) is 9.53 Å². The Kier molecular flexibility index (Phi) is 6.61. The number of halogens is 2. The molecule has 1 aromatic carbocycles. The number of aromatic nitrogens is 1. The van der Waals surface area contributed by atoms with Crippen LogP contribution < -0.4 is 10.6 Å². The molecule has 6 nitrogen and oxygen atoms in total. The Bertz CT molecular complexity index is 766. The molecule has 8 heteroatoms. The van der Waals surface area contributed by atoms with Gasteiger partial charge in [-0.25, -0.2) is 9.78 Å². The van der Waals surface area contributed by atoms with E-state index < -0.39 is 6.04 Å². The van der Waals surface area contributed by atoms with E-state index in [0.29, 0.717) is 28.5 Å². The van der Waals surface area contributed by atoms with Crippen LogP contribution in [0.4, 0.5) is 11.5 Å². The lowest BCUT2D eigenvalue weighted by Gasteiger charge is -2.15. The van der Waals surface area contributed by atoms with E-state index in [1.54, 1.807) is 24.3 Å². The molecule has 2 N–H and O–H groups in total. The van der Waals surface area contributed by atoms with Crippen molar-refractivity contribution in [1.82, 2.24) is 4.98 Å². The summed E-state index contributed by atoms with van der Waals surface area (Å²) < 4.78 is 4.71.